The van der Waals surface area contributed by atoms with Gasteiger partial charge >= 0.3 is 5.97 Å². The quantitative estimate of drug-likeness (QED) is 0.403. The van der Waals surface area contributed by atoms with Gasteiger partial charge in [-0.2, -0.15) is 0 Å². The summed E-state index contributed by atoms with van der Waals surface area (Å²) < 4.78 is 4.88. The Kier molecular flexibility index (Phi) is 6.99. The van der Waals surface area contributed by atoms with Crippen LogP contribution in [0.4, 0.5) is 16.5 Å². The second-order valence-electron chi connectivity index (χ2n) is 7.21. The number of hydrogen-bond acceptors (Lipinski definition) is 8. The lowest BCUT2D eigenvalue weighted by molar-refractivity contribution is -0.384. The van der Waals surface area contributed by atoms with Crippen LogP contribution in [-0.4, -0.2) is 41.5 Å². The van der Waals surface area contributed by atoms with Crippen molar-refractivity contribution >= 4 is 39.7 Å². The van der Waals surface area contributed by atoms with Crippen LogP contribution in [0.2, 0.25) is 0 Å². The molecule has 30 heavy (non-hydrogen) atoms. The van der Waals surface area contributed by atoms with Crippen molar-refractivity contribution in [3.8, 4) is 0 Å². The number of thiazole rings is 1. The van der Waals surface area contributed by atoms with Crippen LogP contribution in [0.5, 0.6) is 0 Å². The third-order valence-electron chi connectivity index (χ3n) is 4.96. The Morgan fingerprint density at radius 1 is 1.37 bits per heavy atom. The minimum Gasteiger partial charge on any atom is -0.466 e. The van der Waals surface area contributed by atoms with Crippen molar-refractivity contribution < 1.29 is 19.2 Å². The highest BCUT2D eigenvalue weighted by Crippen LogP contribution is 2.32. The van der Waals surface area contributed by atoms with E-state index in [0.29, 0.717) is 22.4 Å². The molecule has 0 radical (unpaired) electrons. The average Bonchev–Trinajstić information content (AvgIpc) is 3.14. The van der Waals surface area contributed by atoms with Crippen LogP contribution < -0.4 is 10.2 Å². The first-order valence-electron chi connectivity index (χ1n) is 9.82. The van der Waals surface area contributed by atoms with Crippen molar-refractivity contribution in [2.45, 2.75) is 33.1 Å². The van der Waals surface area contributed by atoms with Gasteiger partial charge < -0.3 is 9.64 Å². The third-order valence-corrected chi connectivity index (χ3v) is 5.77. The Morgan fingerprint density at radius 2 is 2.10 bits per heavy atom. The summed E-state index contributed by atoms with van der Waals surface area (Å²) in [4.78, 5) is 41.5. The number of anilines is 2. The van der Waals surface area contributed by atoms with Gasteiger partial charge in [0, 0.05) is 30.1 Å². The highest BCUT2D eigenvalue weighted by molar-refractivity contribution is 7.14. The van der Waals surface area contributed by atoms with E-state index in [-0.39, 0.29) is 30.2 Å². The first-order valence-corrected chi connectivity index (χ1v) is 10.7. The third kappa shape index (κ3) is 5.32. The van der Waals surface area contributed by atoms with Crippen molar-refractivity contribution in [1.29, 1.82) is 0 Å². The molecule has 1 aliphatic heterocycles. The van der Waals surface area contributed by atoms with E-state index in [4.69, 9.17) is 4.74 Å². The van der Waals surface area contributed by atoms with E-state index in [0.717, 1.165) is 25.9 Å². The number of benzene rings is 1. The van der Waals surface area contributed by atoms with Crippen LogP contribution in [0.25, 0.3) is 0 Å². The standard InChI is InChI=1S/C20H24N4O5S/c1-3-29-18(25)11-15-12-30-20(21-15)22-19(26)14-4-5-16(17(10-14)24(27)28)23-8-6-13(2)7-9-23/h4-5,10,12-13H,3,6-9,11H2,1-2H3,(H,21,22,26). The van der Waals surface area contributed by atoms with E-state index in [1.807, 2.05) is 4.90 Å². The predicted octanol–water partition coefficient (Wildman–Crippen LogP) is 3.65. The number of nitro benzene ring substituents is 1. The van der Waals surface area contributed by atoms with Gasteiger partial charge in [0.2, 0.25) is 0 Å². The lowest BCUT2D eigenvalue weighted by Crippen LogP contribution is -2.33. The number of aromatic nitrogens is 1. The number of nitrogens with one attached hydrogen (secondary N) is 1. The zero-order valence-corrected chi connectivity index (χ0v) is 17.7. The molecule has 1 aromatic carbocycles. The number of nitro groups is 1. The van der Waals surface area contributed by atoms with Gasteiger partial charge in [0.1, 0.15) is 5.69 Å². The molecule has 1 aromatic heterocycles. The zero-order chi connectivity index (χ0) is 21.7. The van der Waals surface area contributed by atoms with Crippen LogP contribution >= 0.6 is 11.3 Å². The molecule has 1 saturated heterocycles. The highest BCUT2D eigenvalue weighted by Gasteiger charge is 2.25. The van der Waals surface area contributed by atoms with Gasteiger partial charge in [0.25, 0.3) is 11.6 Å². The van der Waals surface area contributed by atoms with E-state index in [9.17, 15) is 19.7 Å². The SMILES string of the molecule is CCOC(=O)Cc1csc(NC(=O)c2ccc(N3CCC(C)CC3)c([N+](=O)[O-])c2)n1. The van der Waals surface area contributed by atoms with Gasteiger partial charge in [-0.05, 0) is 37.8 Å². The van der Waals surface area contributed by atoms with Crippen LogP contribution in [0.15, 0.2) is 23.6 Å². The second kappa shape index (κ2) is 9.66. The summed E-state index contributed by atoms with van der Waals surface area (Å²) in [6.07, 6.45) is 1.99. The van der Waals surface area contributed by atoms with Crippen molar-refractivity contribution in [1.82, 2.24) is 4.98 Å². The lowest BCUT2D eigenvalue weighted by atomic mass is 9.98. The monoisotopic (exact) mass is 432 g/mol. The van der Waals surface area contributed by atoms with Gasteiger partial charge in [-0.1, -0.05) is 6.92 Å². The molecule has 1 N–H and O–H groups in total. The normalized spacial score (nSPS) is 14.4. The Morgan fingerprint density at radius 3 is 2.77 bits per heavy atom. The molecule has 0 saturated carbocycles. The molecule has 0 bridgehead atoms. The lowest BCUT2D eigenvalue weighted by Gasteiger charge is -2.31. The van der Waals surface area contributed by atoms with E-state index in [1.165, 1.54) is 17.4 Å². The number of carbonyl (C=O) groups excluding carboxylic acids is 2. The maximum Gasteiger partial charge on any atom is 0.311 e. The predicted molar refractivity (Wildman–Crippen MR) is 114 cm³/mol. The van der Waals surface area contributed by atoms with Crippen LogP contribution in [0.1, 0.15) is 42.7 Å². The Labute approximate surface area is 178 Å². The van der Waals surface area contributed by atoms with E-state index >= 15 is 0 Å². The first-order chi connectivity index (χ1) is 14.4. The van der Waals surface area contributed by atoms with Crippen LogP contribution in [0.3, 0.4) is 0 Å². The molecule has 1 fully saturated rings. The molecule has 0 aliphatic carbocycles. The number of piperidine rings is 1. The molecule has 0 atom stereocenters. The van der Waals surface area contributed by atoms with Gasteiger partial charge in [-0.3, -0.25) is 25.0 Å². The second-order valence-corrected chi connectivity index (χ2v) is 8.07. The number of nitrogens with zero attached hydrogens (tertiary/aromatic N) is 3. The molecule has 0 unspecified atom stereocenters. The fourth-order valence-electron chi connectivity index (χ4n) is 3.30. The smallest absolute Gasteiger partial charge is 0.311 e. The minimum atomic E-state index is -0.492. The first kappa shape index (κ1) is 21.7. The molecule has 9 nitrogen and oxygen atoms in total. The Balaban J connectivity index is 1.72. The molecule has 1 amide bonds. The Hall–Kier alpha value is -3.01. The molecule has 2 aromatic rings. The maximum atomic E-state index is 12.6. The van der Waals surface area contributed by atoms with Crippen LogP contribution in [0, 0.1) is 16.0 Å². The molecule has 2 heterocycles. The number of hydrogen-bond donors (Lipinski definition) is 1. The number of ether oxygens (including phenoxy) is 1. The summed E-state index contributed by atoms with van der Waals surface area (Å²) in [5.41, 5.74) is 1.13. The van der Waals surface area contributed by atoms with Crippen molar-refractivity contribution in [2.24, 2.45) is 5.92 Å². The van der Waals surface area contributed by atoms with Gasteiger partial charge in [0.05, 0.1) is 23.6 Å². The maximum absolute atomic E-state index is 12.6. The summed E-state index contributed by atoms with van der Waals surface area (Å²) in [5, 5.41) is 16.2. The van der Waals surface area contributed by atoms with Crippen molar-refractivity contribution in [3.63, 3.8) is 0 Å². The van der Waals surface area contributed by atoms with Gasteiger partial charge in [0.15, 0.2) is 5.13 Å². The molecule has 1 aliphatic rings. The fraction of sp³-hybridized carbons (Fsp3) is 0.450. The minimum absolute atomic E-state index is 0.0226. The van der Waals surface area contributed by atoms with E-state index in [1.54, 1.807) is 24.4 Å². The highest BCUT2D eigenvalue weighted by atomic mass is 32.1. The van der Waals surface area contributed by atoms with Crippen molar-refractivity contribution in [2.75, 3.05) is 29.9 Å². The van der Waals surface area contributed by atoms with Crippen molar-refractivity contribution in [3.05, 3.63) is 45.0 Å². The van der Waals surface area contributed by atoms with Gasteiger partial charge in [-0.25, -0.2) is 4.98 Å². The summed E-state index contributed by atoms with van der Waals surface area (Å²) in [7, 11) is 0. The molecular formula is C20H24N4O5S. The number of rotatable bonds is 7. The van der Waals surface area contributed by atoms with E-state index < -0.39 is 10.8 Å². The summed E-state index contributed by atoms with van der Waals surface area (Å²) >= 11 is 1.18. The Bertz CT molecular complexity index is 937. The zero-order valence-electron chi connectivity index (χ0n) is 16.9. The number of esters is 1. The fourth-order valence-corrected chi connectivity index (χ4v) is 4.01. The molecule has 0 spiro atoms. The summed E-state index contributed by atoms with van der Waals surface area (Å²) in [6, 6.07) is 4.52. The molecule has 160 valence electrons. The summed E-state index contributed by atoms with van der Waals surface area (Å²) in [6.45, 7) is 5.71. The number of amides is 1. The topological polar surface area (TPSA) is 115 Å². The molecular weight excluding hydrogens is 408 g/mol. The van der Waals surface area contributed by atoms with Crippen LogP contribution in [-0.2, 0) is 16.0 Å². The molecule has 10 heteroatoms. The van der Waals surface area contributed by atoms with Gasteiger partial charge in [-0.15, -0.1) is 11.3 Å². The number of carbonyl (C=O) groups is 2. The average molecular weight is 433 g/mol. The summed E-state index contributed by atoms with van der Waals surface area (Å²) in [5.74, 6) is -0.273. The molecule has 3 rings (SSSR count). The van der Waals surface area contributed by atoms with E-state index in [2.05, 4.69) is 17.2 Å². The largest absolute Gasteiger partial charge is 0.466 e.